The first-order chi connectivity index (χ1) is 12.1. The third-order valence-corrected chi connectivity index (χ3v) is 5.01. The Kier molecular flexibility index (Phi) is 9.93. The molecule has 1 aliphatic rings. The number of benzene rings is 1. The van der Waals surface area contributed by atoms with E-state index in [4.69, 9.17) is 4.74 Å². The zero-order valence-corrected chi connectivity index (χ0v) is 18.3. The summed E-state index contributed by atoms with van der Waals surface area (Å²) in [6.45, 7) is 2.40. The second-order valence-corrected chi connectivity index (χ2v) is 6.65. The average molecular weight is 474 g/mol. The minimum atomic E-state index is -0.0705. The predicted molar refractivity (Wildman–Crippen MR) is 116 cm³/mol. The highest BCUT2D eigenvalue weighted by Gasteiger charge is 2.36. The Labute approximate surface area is 173 Å². The molecule has 0 aromatic heterocycles. The van der Waals surface area contributed by atoms with Crippen LogP contribution in [0.5, 0.6) is 0 Å². The molecule has 1 fully saturated rings. The number of halogens is 1. The molecule has 1 aliphatic carbocycles. The molecule has 1 saturated carbocycles. The van der Waals surface area contributed by atoms with E-state index >= 15 is 0 Å². The summed E-state index contributed by atoms with van der Waals surface area (Å²) in [6.07, 6.45) is 4.90. The Morgan fingerprint density at radius 2 is 1.92 bits per heavy atom. The number of carbonyl (C=O) groups excluding carboxylic acids is 1. The van der Waals surface area contributed by atoms with E-state index in [9.17, 15) is 4.79 Å². The number of ether oxygens (including phenoxy) is 1. The van der Waals surface area contributed by atoms with E-state index in [1.165, 1.54) is 19.3 Å². The van der Waals surface area contributed by atoms with Crippen molar-refractivity contribution in [2.75, 3.05) is 34.4 Å². The van der Waals surface area contributed by atoms with E-state index in [2.05, 4.69) is 20.9 Å². The van der Waals surface area contributed by atoms with Gasteiger partial charge in [0.15, 0.2) is 5.96 Å². The second-order valence-electron chi connectivity index (χ2n) is 6.65. The predicted octanol–water partition coefficient (Wildman–Crippen LogP) is 2.54. The smallest absolute Gasteiger partial charge is 0.251 e. The van der Waals surface area contributed by atoms with E-state index in [1.807, 2.05) is 24.3 Å². The van der Waals surface area contributed by atoms with Crippen molar-refractivity contribution in [3.8, 4) is 0 Å². The molecule has 6 nitrogen and oxygen atoms in total. The van der Waals surface area contributed by atoms with E-state index in [1.54, 1.807) is 21.2 Å². The second kappa shape index (κ2) is 11.4. The Morgan fingerprint density at radius 3 is 2.42 bits per heavy atom. The van der Waals surface area contributed by atoms with Crippen molar-refractivity contribution in [1.82, 2.24) is 16.0 Å². The third kappa shape index (κ3) is 6.42. The van der Waals surface area contributed by atoms with Crippen LogP contribution in [0.4, 0.5) is 0 Å². The third-order valence-electron chi connectivity index (χ3n) is 5.01. The Bertz CT molecular complexity index is 586. The van der Waals surface area contributed by atoms with Crippen molar-refractivity contribution in [2.45, 2.75) is 32.2 Å². The molecule has 0 heterocycles. The molecule has 0 spiro atoms. The number of methoxy groups -OCH3 is 1. The molecule has 3 N–H and O–H groups in total. The number of guanidine groups is 1. The van der Waals surface area contributed by atoms with Gasteiger partial charge in [-0.15, -0.1) is 24.0 Å². The van der Waals surface area contributed by atoms with Crippen molar-refractivity contribution < 1.29 is 9.53 Å². The van der Waals surface area contributed by atoms with Crippen LogP contribution in [0.2, 0.25) is 0 Å². The van der Waals surface area contributed by atoms with Crippen molar-refractivity contribution in [1.29, 1.82) is 0 Å². The zero-order valence-electron chi connectivity index (χ0n) is 15.9. The largest absolute Gasteiger partial charge is 0.385 e. The molecule has 146 valence electrons. The Morgan fingerprint density at radius 1 is 1.23 bits per heavy atom. The van der Waals surface area contributed by atoms with Crippen LogP contribution in [0.15, 0.2) is 29.3 Å². The van der Waals surface area contributed by atoms with Gasteiger partial charge in [0.05, 0.1) is 0 Å². The van der Waals surface area contributed by atoms with Gasteiger partial charge in [0.2, 0.25) is 0 Å². The quantitative estimate of drug-likeness (QED) is 0.308. The molecule has 0 saturated heterocycles. The van der Waals surface area contributed by atoms with Crippen LogP contribution in [0.25, 0.3) is 0 Å². The van der Waals surface area contributed by atoms with E-state index in [0.29, 0.717) is 17.5 Å². The molecule has 0 unspecified atom stereocenters. The van der Waals surface area contributed by atoms with Gasteiger partial charge in [-0.1, -0.05) is 18.6 Å². The SMILES string of the molecule is CN=C(NCc1ccc(C(=O)NC)cc1)NCC1(CCOC)CCC1.I. The molecule has 2 rings (SSSR count). The van der Waals surface area contributed by atoms with Crippen molar-refractivity contribution in [3.63, 3.8) is 0 Å². The minimum absolute atomic E-state index is 0. The topological polar surface area (TPSA) is 74.8 Å². The minimum Gasteiger partial charge on any atom is -0.385 e. The number of nitrogens with zero attached hydrogens (tertiary/aromatic N) is 1. The number of rotatable bonds is 8. The highest BCUT2D eigenvalue weighted by molar-refractivity contribution is 14.0. The molecular formula is C19H31IN4O2. The fourth-order valence-electron chi connectivity index (χ4n) is 3.11. The van der Waals surface area contributed by atoms with Crippen LogP contribution in [0.1, 0.15) is 41.6 Å². The van der Waals surface area contributed by atoms with Gasteiger partial charge >= 0.3 is 0 Å². The molecule has 1 aromatic carbocycles. The Hall–Kier alpha value is -1.35. The van der Waals surface area contributed by atoms with Gasteiger partial charge in [-0.2, -0.15) is 0 Å². The fourth-order valence-corrected chi connectivity index (χ4v) is 3.11. The van der Waals surface area contributed by atoms with E-state index in [0.717, 1.165) is 31.1 Å². The van der Waals surface area contributed by atoms with Crippen LogP contribution in [0, 0.1) is 5.41 Å². The van der Waals surface area contributed by atoms with Gasteiger partial charge in [-0.25, -0.2) is 0 Å². The van der Waals surface area contributed by atoms with Crippen LogP contribution in [0.3, 0.4) is 0 Å². The first-order valence-electron chi connectivity index (χ1n) is 8.87. The van der Waals surface area contributed by atoms with Crippen LogP contribution < -0.4 is 16.0 Å². The number of carbonyl (C=O) groups is 1. The summed E-state index contributed by atoms with van der Waals surface area (Å²) in [7, 11) is 5.18. The standard InChI is InChI=1S/C19H30N4O2.HI/c1-20-17(24)16-7-5-15(6-8-16)13-22-18(21-2)23-14-19(9-4-10-19)11-12-25-3;/h5-8H,4,9-14H2,1-3H3,(H,20,24)(H2,21,22,23);1H. The van der Waals surface area contributed by atoms with Crippen molar-refractivity contribution in [3.05, 3.63) is 35.4 Å². The molecular weight excluding hydrogens is 443 g/mol. The van der Waals surface area contributed by atoms with Crippen molar-refractivity contribution in [2.24, 2.45) is 10.4 Å². The molecule has 0 bridgehead atoms. The van der Waals surface area contributed by atoms with Crippen LogP contribution in [-0.4, -0.2) is 46.2 Å². The van der Waals surface area contributed by atoms with Crippen LogP contribution >= 0.6 is 24.0 Å². The van der Waals surface area contributed by atoms with E-state index < -0.39 is 0 Å². The summed E-state index contributed by atoms with van der Waals surface area (Å²) >= 11 is 0. The highest BCUT2D eigenvalue weighted by Crippen LogP contribution is 2.43. The maximum atomic E-state index is 11.6. The number of hydrogen-bond donors (Lipinski definition) is 3. The Balaban J connectivity index is 0.00000338. The molecule has 0 atom stereocenters. The lowest BCUT2D eigenvalue weighted by atomic mass is 9.67. The van der Waals surface area contributed by atoms with Gasteiger partial charge in [0.25, 0.3) is 5.91 Å². The maximum Gasteiger partial charge on any atom is 0.251 e. The average Bonchev–Trinajstić information content (AvgIpc) is 2.62. The summed E-state index contributed by atoms with van der Waals surface area (Å²) in [5.41, 5.74) is 2.12. The van der Waals surface area contributed by atoms with Gasteiger partial charge in [-0.3, -0.25) is 9.79 Å². The van der Waals surface area contributed by atoms with Gasteiger partial charge in [0, 0.05) is 46.5 Å². The van der Waals surface area contributed by atoms with Gasteiger partial charge in [-0.05, 0) is 42.4 Å². The molecule has 1 amide bonds. The molecule has 7 heteroatoms. The summed E-state index contributed by atoms with van der Waals surface area (Å²) in [6, 6.07) is 7.58. The summed E-state index contributed by atoms with van der Waals surface area (Å²) in [4.78, 5) is 15.9. The van der Waals surface area contributed by atoms with Crippen LogP contribution in [-0.2, 0) is 11.3 Å². The molecule has 0 aliphatic heterocycles. The van der Waals surface area contributed by atoms with E-state index in [-0.39, 0.29) is 29.9 Å². The van der Waals surface area contributed by atoms with Gasteiger partial charge < -0.3 is 20.7 Å². The lowest BCUT2D eigenvalue weighted by molar-refractivity contribution is 0.0732. The lowest BCUT2D eigenvalue weighted by Gasteiger charge is -2.42. The number of aliphatic imine (C=N–C) groups is 1. The monoisotopic (exact) mass is 474 g/mol. The molecule has 26 heavy (non-hydrogen) atoms. The highest BCUT2D eigenvalue weighted by atomic mass is 127. The number of hydrogen-bond acceptors (Lipinski definition) is 3. The number of amides is 1. The van der Waals surface area contributed by atoms with Crippen molar-refractivity contribution >= 4 is 35.8 Å². The first-order valence-corrected chi connectivity index (χ1v) is 8.87. The lowest BCUT2D eigenvalue weighted by Crippen LogP contribution is -2.46. The summed E-state index contributed by atoms with van der Waals surface area (Å²) < 4.78 is 5.24. The van der Waals surface area contributed by atoms with Gasteiger partial charge in [0.1, 0.15) is 0 Å². The molecule has 0 radical (unpaired) electrons. The summed E-state index contributed by atoms with van der Waals surface area (Å²) in [5.74, 6) is 0.734. The first kappa shape index (κ1) is 22.7. The fraction of sp³-hybridized carbons (Fsp3) is 0.579. The number of nitrogens with one attached hydrogen (secondary N) is 3. The normalized spacial score (nSPS) is 15.4. The maximum absolute atomic E-state index is 11.6. The zero-order chi connectivity index (χ0) is 18.1. The molecule has 1 aromatic rings. The summed E-state index contributed by atoms with van der Waals surface area (Å²) in [5, 5.41) is 9.41.